The minimum absolute atomic E-state index is 0.207. The van der Waals surface area contributed by atoms with Crippen molar-refractivity contribution in [2.24, 2.45) is 0 Å². The molecule has 7 heteroatoms. The summed E-state index contributed by atoms with van der Waals surface area (Å²) in [5.74, 6) is 1.41. The second-order valence-corrected chi connectivity index (χ2v) is 6.25. The summed E-state index contributed by atoms with van der Waals surface area (Å²) in [6, 6.07) is 7.58. The van der Waals surface area contributed by atoms with E-state index in [1.807, 2.05) is 18.2 Å². The van der Waals surface area contributed by atoms with Crippen LogP contribution in [0, 0.1) is 0 Å². The van der Waals surface area contributed by atoms with E-state index in [4.69, 9.17) is 4.42 Å². The van der Waals surface area contributed by atoms with Gasteiger partial charge in [0.05, 0.1) is 6.26 Å². The van der Waals surface area contributed by atoms with E-state index in [-0.39, 0.29) is 5.91 Å². The van der Waals surface area contributed by atoms with Gasteiger partial charge in [-0.15, -0.1) is 11.3 Å². The average molecular weight is 356 g/mol. The lowest BCUT2D eigenvalue weighted by molar-refractivity contribution is 0.0946. The molecular formula is C18H20N4O2S. The molecule has 0 aliphatic carbocycles. The van der Waals surface area contributed by atoms with Gasteiger partial charge in [0.2, 0.25) is 0 Å². The Balaban J connectivity index is 1.59. The Hall–Kier alpha value is -2.67. The number of pyridine rings is 1. The molecule has 0 atom stereocenters. The Bertz CT molecular complexity index is 808. The first-order chi connectivity index (χ1) is 12.2. The van der Waals surface area contributed by atoms with Gasteiger partial charge in [-0.05, 0) is 37.6 Å². The Kier molecular flexibility index (Phi) is 5.45. The van der Waals surface area contributed by atoms with Crippen molar-refractivity contribution in [3.63, 3.8) is 0 Å². The third-order valence-electron chi connectivity index (χ3n) is 3.82. The first-order valence-corrected chi connectivity index (χ1v) is 9.06. The largest absolute Gasteiger partial charge is 0.462 e. The van der Waals surface area contributed by atoms with Gasteiger partial charge in [0, 0.05) is 31.2 Å². The van der Waals surface area contributed by atoms with E-state index in [0.717, 1.165) is 24.5 Å². The maximum absolute atomic E-state index is 12.2. The zero-order valence-corrected chi connectivity index (χ0v) is 15.0. The lowest BCUT2D eigenvalue weighted by Gasteiger charge is -2.19. The van der Waals surface area contributed by atoms with Crippen LogP contribution in [0.5, 0.6) is 0 Å². The molecule has 1 amide bonds. The van der Waals surface area contributed by atoms with Gasteiger partial charge in [-0.25, -0.2) is 9.97 Å². The molecule has 0 spiro atoms. The molecule has 3 aromatic heterocycles. The molecule has 0 aromatic carbocycles. The van der Waals surface area contributed by atoms with Crippen LogP contribution in [0.25, 0.3) is 10.8 Å². The number of amides is 1. The minimum atomic E-state index is -0.207. The highest BCUT2D eigenvalue weighted by atomic mass is 32.1. The number of rotatable bonds is 7. The van der Waals surface area contributed by atoms with Crippen molar-refractivity contribution >= 4 is 23.1 Å². The molecule has 1 N–H and O–H groups in total. The summed E-state index contributed by atoms with van der Waals surface area (Å²) in [4.78, 5) is 23.2. The molecule has 3 heterocycles. The molecule has 0 aliphatic rings. The first-order valence-electron chi connectivity index (χ1n) is 8.18. The highest BCUT2D eigenvalue weighted by Crippen LogP contribution is 2.23. The normalized spacial score (nSPS) is 10.6. The van der Waals surface area contributed by atoms with Gasteiger partial charge < -0.3 is 14.6 Å². The summed E-state index contributed by atoms with van der Waals surface area (Å²) in [6.07, 6.45) is 3.38. The Morgan fingerprint density at radius 2 is 2.12 bits per heavy atom. The van der Waals surface area contributed by atoms with E-state index in [9.17, 15) is 4.79 Å². The van der Waals surface area contributed by atoms with Crippen molar-refractivity contribution in [2.75, 3.05) is 18.0 Å². The van der Waals surface area contributed by atoms with Crippen molar-refractivity contribution in [1.29, 1.82) is 0 Å². The van der Waals surface area contributed by atoms with E-state index in [1.165, 1.54) is 11.3 Å². The molecule has 3 aromatic rings. The minimum Gasteiger partial charge on any atom is -0.462 e. The van der Waals surface area contributed by atoms with Crippen molar-refractivity contribution in [2.45, 2.75) is 20.4 Å². The molecule has 6 nitrogen and oxygen atoms in total. The van der Waals surface area contributed by atoms with Crippen LogP contribution in [0.3, 0.4) is 0 Å². The predicted molar refractivity (Wildman–Crippen MR) is 98.8 cm³/mol. The predicted octanol–water partition coefficient (Wildman–Crippen LogP) is 3.57. The van der Waals surface area contributed by atoms with Gasteiger partial charge in [0.1, 0.15) is 11.5 Å². The number of carbonyl (C=O) groups excluding carboxylic acids is 1. The van der Waals surface area contributed by atoms with Crippen LogP contribution >= 0.6 is 11.3 Å². The number of anilines is 1. The first kappa shape index (κ1) is 17.2. The molecule has 0 fully saturated rings. The molecular weight excluding hydrogens is 336 g/mol. The second kappa shape index (κ2) is 7.94. The van der Waals surface area contributed by atoms with E-state index in [0.29, 0.717) is 23.0 Å². The summed E-state index contributed by atoms with van der Waals surface area (Å²) in [5, 5.41) is 5.30. The monoisotopic (exact) mass is 356 g/mol. The SMILES string of the molecule is CCN(CC)c1ccc(CNC(=O)c2csc(-c3ccco3)n2)cn1. The Morgan fingerprint density at radius 1 is 1.28 bits per heavy atom. The molecule has 0 radical (unpaired) electrons. The fourth-order valence-electron chi connectivity index (χ4n) is 2.42. The van der Waals surface area contributed by atoms with Crippen LogP contribution < -0.4 is 10.2 Å². The van der Waals surface area contributed by atoms with E-state index < -0.39 is 0 Å². The van der Waals surface area contributed by atoms with Crippen LogP contribution in [0.15, 0.2) is 46.5 Å². The molecule has 0 saturated carbocycles. The number of thiazole rings is 1. The summed E-state index contributed by atoms with van der Waals surface area (Å²) in [7, 11) is 0. The number of hydrogen-bond acceptors (Lipinski definition) is 6. The van der Waals surface area contributed by atoms with Crippen molar-refractivity contribution < 1.29 is 9.21 Å². The Labute approximate surface area is 150 Å². The summed E-state index contributed by atoms with van der Waals surface area (Å²) < 4.78 is 5.29. The fraction of sp³-hybridized carbons (Fsp3) is 0.278. The number of aromatic nitrogens is 2. The number of carbonyl (C=O) groups is 1. The lowest BCUT2D eigenvalue weighted by Crippen LogP contribution is -2.24. The third kappa shape index (κ3) is 4.06. The van der Waals surface area contributed by atoms with Crippen molar-refractivity contribution in [3.8, 4) is 10.8 Å². The van der Waals surface area contributed by atoms with Gasteiger partial charge >= 0.3 is 0 Å². The number of furan rings is 1. The molecule has 0 aliphatic heterocycles. The quantitative estimate of drug-likeness (QED) is 0.701. The number of nitrogens with zero attached hydrogens (tertiary/aromatic N) is 3. The highest BCUT2D eigenvalue weighted by molar-refractivity contribution is 7.13. The molecule has 0 bridgehead atoms. The number of hydrogen-bond donors (Lipinski definition) is 1. The maximum atomic E-state index is 12.2. The zero-order valence-electron chi connectivity index (χ0n) is 14.2. The lowest BCUT2D eigenvalue weighted by atomic mass is 10.2. The molecule has 3 rings (SSSR count). The van der Waals surface area contributed by atoms with Crippen LogP contribution in [-0.4, -0.2) is 29.0 Å². The molecule has 0 unspecified atom stereocenters. The van der Waals surface area contributed by atoms with Crippen LogP contribution in [0.2, 0.25) is 0 Å². The molecule has 25 heavy (non-hydrogen) atoms. The van der Waals surface area contributed by atoms with Crippen LogP contribution in [0.1, 0.15) is 29.9 Å². The van der Waals surface area contributed by atoms with Crippen molar-refractivity contribution in [1.82, 2.24) is 15.3 Å². The standard InChI is InChI=1S/C18H20N4O2S/c1-3-22(4-2)16-8-7-13(10-19-16)11-20-17(23)14-12-25-18(21-14)15-6-5-9-24-15/h5-10,12H,3-4,11H2,1-2H3,(H,20,23). The maximum Gasteiger partial charge on any atom is 0.271 e. The highest BCUT2D eigenvalue weighted by Gasteiger charge is 2.13. The average Bonchev–Trinajstić information content (AvgIpc) is 3.33. The fourth-order valence-corrected chi connectivity index (χ4v) is 3.19. The second-order valence-electron chi connectivity index (χ2n) is 5.39. The van der Waals surface area contributed by atoms with Crippen molar-refractivity contribution in [3.05, 3.63) is 53.4 Å². The van der Waals surface area contributed by atoms with Gasteiger partial charge in [-0.2, -0.15) is 0 Å². The summed E-state index contributed by atoms with van der Waals surface area (Å²) in [5.41, 5.74) is 1.34. The Morgan fingerprint density at radius 3 is 2.76 bits per heavy atom. The van der Waals surface area contributed by atoms with Gasteiger partial charge in [-0.1, -0.05) is 6.07 Å². The van der Waals surface area contributed by atoms with Crippen LogP contribution in [0.4, 0.5) is 5.82 Å². The van der Waals surface area contributed by atoms with Gasteiger partial charge in [0.15, 0.2) is 10.8 Å². The van der Waals surface area contributed by atoms with Crippen LogP contribution in [-0.2, 0) is 6.54 Å². The smallest absolute Gasteiger partial charge is 0.271 e. The summed E-state index contributed by atoms with van der Waals surface area (Å²) in [6.45, 7) is 6.45. The molecule has 0 saturated heterocycles. The van der Waals surface area contributed by atoms with E-state index in [2.05, 4.69) is 34.0 Å². The van der Waals surface area contributed by atoms with Gasteiger partial charge in [0.25, 0.3) is 5.91 Å². The van der Waals surface area contributed by atoms with E-state index >= 15 is 0 Å². The molecule has 130 valence electrons. The topological polar surface area (TPSA) is 71.3 Å². The van der Waals surface area contributed by atoms with E-state index in [1.54, 1.807) is 23.9 Å². The number of nitrogens with one attached hydrogen (secondary N) is 1. The summed E-state index contributed by atoms with van der Waals surface area (Å²) >= 11 is 1.38. The zero-order chi connectivity index (χ0) is 17.6. The third-order valence-corrected chi connectivity index (χ3v) is 4.68. The van der Waals surface area contributed by atoms with Gasteiger partial charge in [-0.3, -0.25) is 4.79 Å².